The Kier molecular flexibility index (Phi) is 4.95. The number of anilines is 1. The number of carbonyl (C=O) groups is 2. The number of halogens is 2. The van der Waals surface area contributed by atoms with Crippen molar-refractivity contribution in [3.05, 3.63) is 24.3 Å². The van der Waals surface area contributed by atoms with E-state index in [0.717, 1.165) is 6.42 Å². The van der Waals surface area contributed by atoms with E-state index < -0.39 is 30.3 Å². The van der Waals surface area contributed by atoms with Gasteiger partial charge in [0.05, 0.1) is 11.1 Å². The van der Waals surface area contributed by atoms with Gasteiger partial charge in [-0.15, -0.1) is 0 Å². The van der Waals surface area contributed by atoms with Gasteiger partial charge in [0.2, 0.25) is 5.91 Å². The highest BCUT2D eigenvalue weighted by atomic mass is 19.3. The third-order valence-electron chi connectivity index (χ3n) is 3.79. The Balaban J connectivity index is 2.01. The van der Waals surface area contributed by atoms with Crippen molar-refractivity contribution in [3.8, 4) is 5.75 Å². The summed E-state index contributed by atoms with van der Waals surface area (Å²) < 4.78 is 29.3. The van der Waals surface area contributed by atoms with E-state index in [-0.39, 0.29) is 17.9 Å². The zero-order valence-corrected chi connectivity index (χ0v) is 11.9. The average Bonchev–Trinajstić information content (AvgIpc) is 2.41. The molecule has 7 heteroatoms. The van der Waals surface area contributed by atoms with E-state index in [9.17, 15) is 23.5 Å². The number of para-hydroxylation sites is 2. The predicted octanol–water partition coefficient (Wildman–Crippen LogP) is 2.91. The summed E-state index contributed by atoms with van der Waals surface area (Å²) in [5.41, 5.74) is -0.740. The topological polar surface area (TPSA) is 75.6 Å². The van der Waals surface area contributed by atoms with Crippen molar-refractivity contribution in [3.63, 3.8) is 0 Å². The van der Waals surface area contributed by atoms with Crippen LogP contribution < -0.4 is 10.1 Å². The fourth-order valence-electron chi connectivity index (χ4n) is 2.42. The zero-order valence-electron chi connectivity index (χ0n) is 11.9. The van der Waals surface area contributed by atoms with Crippen LogP contribution in [0.15, 0.2) is 24.3 Å². The molecule has 2 N–H and O–H groups in total. The number of nitrogens with one attached hydrogen (secondary N) is 1. The molecule has 0 radical (unpaired) electrons. The summed E-state index contributed by atoms with van der Waals surface area (Å²) in [4.78, 5) is 23.3. The highest BCUT2D eigenvalue weighted by molar-refractivity contribution is 5.95. The van der Waals surface area contributed by atoms with Gasteiger partial charge in [0, 0.05) is 6.42 Å². The van der Waals surface area contributed by atoms with Gasteiger partial charge in [0.15, 0.2) is 0 Å². The van der Waals surface area contributed by atoms with Crippen LogP contribution in [0.5, 0.6) is 5.75 Å². The van der Waals surface area contributed by atoms with Crippen LogP contribution in [0.1, 0.15) is 25.7 Å². The van der Waals surface area contributed by atoms with Crippen molar-refractivity contribution in [2.75, 3.05) is 11.9 Å². The van der Waals surface area contributed by atoms with Crippen LogP contribution in [-0.4, -0.2) is 30.0 Å². The minimum Gasteiger partial charge on any atom is -0.485 e. The van der Waals surface area contributed by atoms with E-state index in [2.05, 4.69) is 5.32 Å². The van der Waals surface area contributed by atoms with Crippen LogP contribution in [0.4, 0.5) is 14.5 Å². The van der Waals surface area contributed by atoms with Crippen molar-refractivity contribution < 1.29 is 28.2 Å². The fourth-order valence-corrected chi connectivity index (χ4v) is 2.42. The summed E-state index contributed by atoms with van der Waals surface area (Å²) in [5.74, 6) is -1.31. The first-order chi connectivity index (χ1) is 10.4. The highest BCUT2D eigenvalue weighted by Crippen LogP contribution is 2.44. The van der Waals surface area contributed by atoms with E-state index in [0.29, 0.717) is 12.8 Å². The van der Waals surface area contributed by atoms with Gasteiger partial charge in [-0.2, -0.15) is 0 Å². The average molecular weight is 313 g/mol. The second-order valence-corrected chi connectivity index (χ2v) is 5.36. The SMILES string of the molecule is O=C(CC1(C(=O)O)CCC1)Nc1ccccc1OCC(F)F. The maximum absolute atomic E-state index is 12.2. The number of rotatable bonds is 7. The molecule has 1 amide bonds. The maximum atomic E-state index is 12.2. The van der Waals surface area contributed by atoms with Gasteiger partial charge in [-0.25, -0.2) is 8.78 Å². The van der Waals surface area contributed by atoms with E-state index in [4.69, 9.17) is 4.74 Å². The van der Waals surface area contributed by atoms with Gasteiger partial charge in [-0.3, -0.25) is 9.59 Å². The molecule has 1 aliphatic rings. The summed E-state index contributed by atoms with van der Waals surface area (Å²) in [7, 11) is 0. The van der Waals surface area contributed by atoms with Crippen LogP contribution in [0.2, 0.25) is 0 Å². The molecule has 1 aromatic rings. The van der Waals surface area contributed by atoms with Gasteiger partial charge in [-0.1, -0.05) is 18.6 Å². The molecule has 5 nitrogen and oxygen atoms in total. The predicted molar refractivity (Wildman–Crippen MR) is 75.1 cm³/mol. The second kappa shape index (κ2) is 6.72. The van der Waals surface area contributed by atoms with Gasteiger partial charge in [0.1, 0.15) is 12.4 Å². The zero-order chi connectivity index (χ0) is 16.2. The number of amides is 1. The van der Waals surface area contributed by atoms with Gasteiger partial charge in [-0.05, 0) is 25.0 Å². The molecule has 0 spiro atoms. The van der Waals surface area contributed by atoms with E-state index in [1.807, 2.05) is 0 Å². The Morgan fingerprint density at radius 1 is 1.32 bits per heavy atom. The molecular formula is C15H17F2NO4. The van der Waals surface area contributed by atoms with Crippen LogP contribution >= 0.6 is 0 Å². The van der Waals surface area contributed by atoms with Crippen LogP contribution in [0.25, 0.3) is 0 Å². The number of ether oxygens (including phenoxy) is 1. The minimum absolute atomic E-state index is 0.133. The monoisotopic (exact) mass is 313 g/mol. The van der Waals surface area contributed by atoms with E-state index in [1.54, 1.807) is 12.1 Å². The van der Waals surface area contributed by atoms with E-state index in [1.165, 1.54) is 12.1 Å². The molecule has 0 aliphatic heterocycles. The fraction of sp³-hybridized carbons (Fsp3) is 0.467. The summed E-state index contributed by atoms with van der Waals surface area (Å²) >= 11 is 0. The number of carboxylic acid groups (broad SMARTS) is 1. The number of hydrogen-bond donors (Lipinski definition) is 2. The number of hydrogen-bond acceptors (Lipinski definition) is 3. The Morgan fingerprint density at radius 2 is 2.00 bits per heavy atom. The minimum atomic E-state index is -2.62. The number of benzene rings is 1. The first kappa shape index (κ1) is 16.2. The lowest BCUT2D eigenvalue weighted by molar-refractivity contribution is -0.157. The lowest BCUT2D eigenvalue weighted by Crippen LogP contribution is -2.41. The van der Waals surface area contributed by atoms with Crippen molar-refractivity contribution in [1.82, 2.24) is 0 Å². The van der Waals surface area contributed by atoms with E-state index >= 15 is 0 Å². The molecule has 0 atom stereocenters. The molecule has 0 saturated heterocycles. The molecule has 1 aromatic carbocycles. The smallest absolute Gasteiger partial charge is 0.310 e. The van der Waals surface area contributed by atoms with Crippen LogP contribution in [-0.2, 0) is 9.59 Å². The molecule has 0 unspecified atom stereocenters. The lowest BCUT2D eigenvalue weighted by Gasteiger charge is -2.36. The largest absolute Gasteiger partial charge is 0.485 e. The molecule has 1 aliphatic carbocycles. The number of aliphatic carboxylic acids is 1. The molecule has 1 saturated carbocycles. The highest BCUT2D eigenvalue weighted by Gasteiger charge is 2.45. The molecule has 1 fully saturated rings. The number of alkyl halides is 2. The number of carboxylic acids is 1. The van der Waals surface area contributed by atoms with Crippen molar-refractivity contribution in [2.45, 2.75) is 32.1 Å². The Labute approximate surface area is 126 Å². The summed E-state index contributed by atoms with van der Waals surface area (Å²) in [5, 5.41) is 11.8. The van der Waals surface area contributed by atoms with Crippen LogP contribution in [0, 0.1) is 5.41 Å². The molecule has 0 bridgehead atoms. The molecule has 22 heavy (non-hydrogen) atoms. The molecule has 120 valence electrons. The first-order valence-electron chi connectivity index (χ1n) is 6.96. The first-order valence-corrected chi connectivity index (χ1v) is 6.96. The van der Waals surface area contributed by atoms with Crippen molar-refractivity contribution in [1.29, 1.82) is 0 Å². The standard InChI is InChI=1S/C15H17F2NO4/c16-12(17)9-22-11-5-2-1-4-10(11)18-13(19)8-15(14(20)21)6-3-7-15/h1-2,4-5,12H,3,6-9H2,(H,18,19)(H,20,21). The maximum Gasteiger partial charge on any atom is 0.310 e. The Hall–Kier alpha value is -2.18. The number of carbonyl (C=O) groups excluding carboxylic acids is 1. The quantitative estimate of drug-likeness (QED) is 0.811. The summed E-state index contributed by atoms with van der Waals surface area (Å²) in [6, 6.07) is 6.21. The third-order valence-corrected chi connectivity index (χ3v) is 3.79. The van der Waals surface area contributed by atoms with Gasteiger partial charge in [0.25, 0.3) is 6.43 Å². The van der Waals surface area contributed by atoms with Crippen LogP contribution in [0.3, 0.4) is 0 Å². The van der Waals surface area contributed by atoms with Gasteiger partial charge < -0.3 is 15.2 Å². The Bertz CT molecular complexity index is 558. The molecule has 0 aromatic heterocycles. The molecule has 0 heterocycles. The normalized spacial score (nSPS) is 16.0. The lowest BCUT2D eigenvalue weighted by atomic mass is 9.66. The molecular weight excluding hydrogens is 296 g/mol. The third kappa shape index (κ3) is 3.72. The van der Waals surface area contributed by atoms with Crippen molar-refractivity contribution >= 4 is 17.6 Å². The molecule has 2 rings (SSSR count). The second-order valence-electron chi connectivity index (χ2n) is 5.36. The summed E-state index contributed by atoms with van der Waals surface area (Å²) in [6.45, 7) is -0.772. The van der Waals surface area contributed by atoms with Crippen molar-refractivity contribution in [2.24, 2.45) is 5.41 Å². The van der Waals surface area contributed by atoms with Gasteiger partial charge >= 0.3 is 5.97 Å². The summed E-state index contributed by atoms with van der Waals surface area (Å²) in [6.07, 6.45) is -1.02. The Morgan fingerprint density at radius 3 is 2.55 bits per heavy atom.